The predicted octanol–water partition coefficient (Wildman–Crippen LogP) is 4.30. The average molecular weight is 399 g/mol. The number of aryl methyl sites for hydroxylation is 3. The first kappa shape index (κ1) is 19.6. The van der Waals surface area contributed by atoms with Crippen molar-refractivity contribution in [1.82, 2.24) is 10.1 Å². The molecule has 0 unspecified atom stereocenters. The maximum absolute atomic E-state index is 12.0. The van der Waals surface area contributed by atoms with Gasteiger partial charge in [-0.3, -0.25) is 10.1 Å². The van der Waals surface area contributed by atoms with Crippen LogP contribution in [0.1, 0.15) is 27.5 Å². The fraction of sp³-hybridized carbons (Fsp3) is 0.250. The Hall–Kier alpha value is -3.13. The molecule has 7 nitrogen and oxygen atoms in total. The molecular weight excluding hydrogens is 378 g/mol. The minimum atomic E-state index is -0.243. The van der Waals surface area contributed by atoms with Crippen LogP contribution in [0.5, 0.6) is 11.5 Å². The molecule has 0 bridgehead atoms. The molecule has 3 rings (SSSR count). The molecule has 1 aromatic carbocycles. The second-order valence-electron chi connectivity index (χ2n) is 6.10. The van der Waals surface area contributed by atoms with Crippen LogP contribution in [0.15, 0.2) is 35.0 Å². The van der Waals surface area contributed by atoms with Gasteiger partial charge in [-0.25, -0.2) is 4.98 Å². The molecule has 0 saturated carbocycles. The highest BCUT2D eigenvalue weighted by Crippen LogP contribution is 2.30. The summed E-state index contributed by atoms with van der Waals surface area (Å²) in [6.07, 6.45) is 4.88. The van der Waals surface area contributed by atoms with Gasteiger partial charge in [0.1, 0.15) is 12.4 Å². The third-order valence-electron chi connectivity index (χ3n) is 4.02. The first-order valence-corrected chi connectivity index (χ1v) is 9.42. The number of aromatic nitrogens is 2. The van der Waals surface area contributed by atoms with E-state index >= 15 is 0 Å². The van der Waals surface area contributed by atoms with Gasteiger partial charge >= 0.3 is 0 Å². The van der Waals surface area contributed by atoms with Gasteiger partial charge in [-0.05, 0) is 44.5 Å². The molecule has 0 fully saturated rings. The Kier molecular flexibility index (Phi) is 6.10. The third-order valence-corrected chi connectivity index (χ3v) is 4.85. The van der Waals surface area contributed by atoms with Gasteiger partial charge in [-0.15, -0.1) is 11.3 Å². The van der Waals surface area contributed by atoms with Gasteiger partial charge in [0, 0.05) is 17.2 Å². The number of nitrogens with one attached hydrogen (secondary N) is 1. The maximum atomic E-state index is 12.0. The van der Waals surface area contributed by atoms with E-state index in [2.05, 4.69) is 15.5 Å². The lowest BCUT2D eigenvalue weighted by Gasteiger charge is -2.11. The Balaban J connectivity index is 1.66. The van der Waals surface area contributed by atoms with E-state index < -0.39 is 0 Å². The van der Waals surface area contributed by atoms with Crippen molar-refractivity contribution < 1.29 is 18.8 Å². The van der Waals surface area contributed by atoms with E-state index in [4.69, 9.17) is 14.0 Å². The normalized spacial score (nSPS) is 11.0. The number of amides is 1. The van der Waals surface area contributed by atoms with Crippen molar-refractivity contribution in [3.05, 3.63) is 57.9 Å². The topological polar surface area (TPSA) is 86.5 Å². The second kappa shape index (κ2) is 8.71. The van der Waals surface area contributed by atoms with Gasteiger partial charge in [0.15, 0.2) is 16.6 Å². The van der Waals surface area contributed by atoms with Crippen LogP contribution in [-0.4, -0.2) is 23.2 Å². The number of carbonyl (C=O) groups excluding carboxylic acids is 1. The molecule has 28 heavy (non-hydrogen) atoms. The Morgan fingerprint density at radius 3 is 2.75 bits per heavy atom. The minimum absolute atomic E-state index is 0.243. The van der Waals surface area contributed by atoms with E-state index in [-0.39, 0.29) is 5.91 Å². The van der Waals surface area contributed by atoms with Gasteiger partial charge < -0.3 is 14.0 Å². The number of benzene rings is 1. The first-order chi connectivity index (χ1) is 13.5. The van der Waals surface area contributed by atoms with Gasteiger partial charge in [0.2, 0.25) is 5.91 Å². The van der Waals surface area contributed by atoms with Crippen molar-refractivity contribution in [3.8, 4) is 11.5 Å². The molecule has 3 aromatic rings. The number of thiazole rings is 1. The summed E-state index contributed by atoms with van der Waals surface area (Å²) in [6.45, 7) is 5.99. The molecule has 0 aliphatic carbocycles. The fourth-order valence-corrected chi connectivity index (χ4v) is 3.16. The Morgan fingerprint density at radius 1 is 1.29 bits per heavy atom. The molecule has 1 amide bonds. The zero-order chi connectivity index (χ0) is 20.1. The molecule has 2 aromatic heterocycles. The molecule has 146 valence electrons. The monoisotopic (exact) mass is 399 g/mol. The Bertz CT molecular complexity index is 987. The summed E-state index contributed by atoms with van der Waals surface area (Å²) in [5, 5.41) is 7.23. The molecule has 0 aliphatic rings. The summed E-state index contributed by atoms with van der Waals surface area (Å²) in [6, 6.07) is 5.46. The Labute approximate surface area is 167 Å². The fourth-order valence-electron chi connectivity index (χ4n) is 2.50. The van der Waals surface area contributed by atoms with Gasteiger partial charge in [-0.2, -0.15) is 0 Å². The molecule has 0 aliphatic heterocycles. The first-order valence-electron chi connectivity index (χ1n) is 8.60. The quantitative estimate of drug-likeness (QED) is 0.596. The zero-order valence-electron chi connectivity index (χ0n) is 16.1. The summed E-state index contributed by atoms with van der Waals surface area (Å²) in [4.78, 5) is 17.2. The molecule has 0 radical (unpaired) electrons. The van der Waals surface area contributed by atoms with E-state index in [9.17, 15) is 4.79 Å². The van der Waals surface area contributed by atoms with Gasteiger partial charge in [0.25, 0.3) is 0 Å². The van der Waals surface area contributed by atoms with Crippen molar-refractivity contribution >= 4 is 28.5 Å². The van der Waals surface area contributed by atoms with Crippen molar-refractivity contribution in [3.63, 3.8) is 0 Å². The van der Waals surface area contributed by atoms with Crippen LogP contribution in [0.4, 0.5) is 5.13 Å². The number of ether oxygens (including phenoxy) is 2. The van der Waals surface area contributed by atoms with Crippen molar-refractivity contribution in [1.29, 1.82) is 0 Å². The summed E-state index contributed by atoms with van der Waals surface area (Å²) in [7, 11) is 1.57. The number of methoxy groups -OCH3 is 1. The van der Waals surface area contributed by atoms with Crippen LogP contribution >= 0.6 is 11.3 Å². The number of nitrogens with zero attached hydrogens (tertiary/aromatic N) is 2. The maximum Gasteiger partial charge on any atom is 0.250 e. The van der Waals surface area contributed by atoms with Crippen molar-refractivity contribution in [2.75, 3.05) is 12.4 Å². The minimum Gasteiger partial charge on any atom is -0.493 e. The van der Waals surface area contributed by atoms with Crippen molar-refractivity contribution in [2.45, 2.75) is 27.4 Å². The highest BCUT2D eigenvalue weighted by Gasteiger charge is 2.12. The van der Waals surface area contributed by atoms with Gasteiger partial charge in [0.05, 0.1) is 18.4 Å². The summed E-state index contributed by atoms with van der Waals surface area (Å²) < 4.78 is 16.4. The summed E-state index contributed by atoms with van der Waals surface area (Å²) >= 11 is 1.43. The van der Waals surface area contributed by atoms with E-state index in [1.807, 2.05) is 26.8 Å². The SMILES string of the molecule is COc1cc(/C=C/C(=O)Nc2ncc(C)s2)ccc1OCc1c(C)noc1C. The Morgan fingerprint density at radius 2 is 2.11 bits per heavy atom. The smallest absolute Gasteiger partial charge is 0.250 e. The van der Waals surface area contributed by atoms with Crippen LogP contribution in [0, 0.1) is 20.8 Å². The van der Waals surface area contributed by atoms with Crippen LogP contribution in [0.3, 0.4) is 0 Å². The second-order valence-corrected chi connectivity index (χ2v) is 7.34. The molecule has 8 heteroatoms. The van der Waals surface area contributed by atoms with E-state index in [1.54, 1.807) is 31.5 Å². The molecule has 2 heterocycles. The average Bonchev–Trinajstić information content (AvgIpc) is 3.23. The lowest BCUT2D eigenvalue weighted by atomic mass is 10.2. The number of hydrogen-bond donors (Lipinski definition) is 1. The summed E-state index contributed by atoms with van der Waals surface area (Å²) in [5.74, 6) is 1.66. The highest BCUT2D eigenvalue weighted by molar-refractivity contribution is 7.15. The van der Waals surface area contributed by atoms with Crippen molar-refractivity contribution in [2.24, 2.45) is 0 Å². The number of hydrogen-bond acceptors (Lipinski definition) is 7. The van der Waals surface area contributed by atoms with Crippen LogP contribution in [0.2, 0.25) is 0 Å². The molecule has 0 atom stereocenters. The molecule has 0 saturated heterocycles. The largest absolute Gasteiger partial charge is 0.493 e. The third kappa shape index (κ3) is 4.77. The van der Waals surface area contributed by atoms with Crippen LogP contribution in [-0.2, 0) is 11.4 Å². The lowest BCUT2D eigenvalue weighted by Crippen LogP contribution is -2.07. The van der Waals surface area contributed by atoms with Crippen LogP contribution in [0.25, 0.3) is 6.08 Å². The number of anilines is 1. The standard InChI is InChI=1S/C20H21N3O4S/c1-12-10-21-20(28-12)22-19(24)8-6-15-5-7-17(18(9-15)25-4)26-11-16-13(2)23-27-14(16)3/h5-10H,11H2,1-4H3,(H,21,22,24)/b8-6+. The van der Waals surface area contributed by atoms with E-state index in [0.717, 1.165) is 27.5 Å². The predicted molar refractivity (Wildman–Crippen MR) is 108 cm³/mol. The van der Waals surface area contributed by atoms with Crippen LogP contribution < -0.4 is 14.8 Å². The zero-order valence-corrected chi connectivity index (χ0v) is 16.9. The number of carbonyl (C=O) groups is 1. The summed E-state index contributed by atoms with van der Waals surface area (Å²) in [5.41, 5.74) is 2.53. The lowest BCUT2D eigenvalue weighted by molar-refractivity contribution is -0.111. The molecular formula is C20H21N3O4S. The molecule has 0 spiro atoms. The van der Waals surface area contributed by atoms with Gasteiger partial charge in [-0.1, -0.05) is 11.2 Å². The number of rotatable bonds is 7. The highest BCUT2D eigenvalue weighted by atomic mass is 32.1. The van der Waals surface area contributed by atoms with E-state index in [1.165, 1.54) is 17.4 Å². The van der Waals surface area contributed by atoms with E-state index in [0.29, 0.717) is 23.2 Å². The molecule has 1 N–H and O–H groups in total.